The lowest BCUT2D eigenvalue weighted by Gasteiger charge is -2.27. The summed E-state index contributed by atoms with van der Waals surface area (Å²) in [5.41, 5.74) is 4.80. The highest BCUT2D eigenvalue weighted by Crippen LogP contribution is 2.34. The van der Waals surface area contributed by atoms with Crippen molar-refractivity contribution in [1.29, 1.82) is 0 Å². The minimum Gasteiger partial charge on any atom is -0.497 e. The lowest BCUT2D eigenvalue weighted by atomic mass is 9.90. The zero-order chi connectivity index (χ0) is 22.8. The molecule has 0 bridgehead atoms. The quantitative estimate of drug-likeness (QED) is 0.523. The summed E-state index contributed by atoms with van der Waals surface area (Å²) >= 11 is 6.33. The van der Waals surface area contributed by atoms with Gasteiger partial charge in [0, 0.05) is 34.5 Å². The molecular weight excluding hydrogens is 426 g/mol. The molecule has 168 valence electrons. The van der Waals surface area contributed by atoms with E-state index in [1.807, 2.05) is 42.6 Å². The van der Waals surface area contributed by atoms with Crippen molar-refractivity contribution in [3.8, 4) is 22.6 Å². The molecule has 2 aromatic carbocycles. The molecule has 1 aliphatic rings. The summed E-state index contributed by atoms with van der Waals surface area (Å²) < 4.78 is 18.8. The average molecular weight is 454 g/mol. The molecule has 2 heterocycles. The van der Waals surface area contributed by atoms with Gasteiger partial charge in [-0.2, -0.15) is 0 Å². The van der Waals surface area contributed by atoms with Crippen LogP contribution in [0.4, 0.5) is 0 Å². The molecule has 0 spiro atoms. The van der Waals surface area contributed by atoms with E-state index in [9.17, 15) is 4.79 Å². The number of halogens is 1. The first-order valence-corrected chi connectivity index (χ1v) is 11.1. The van der Waals surface area contributed by atoms with Crippen LogP contribution < -0.4 is 15.0 Å². The zero-order valence-corrected chi connectivity index (χ0v) is 19.6. The first-order chi connectivity index (χ1) is 15.4. The molecule has 6 heteroatoms. The van der Waals surface area contributed by atoms with Crippen molar-refractivity contribution >= 4 is 11.6 Å². The molecule has 1 atom stereocenters. The summed E-state index contributed by atoms with van der Waals surface area (Å²) in [5, 5.41) is 0.657. The van der Waals surface area contributed by atoms with Gasteiger partial charge in [0.1, 0.15) is 11.5 Å². The molecule has 1 aliphatic heterocycles. The SMILES string of the molecule is COc1ccc(Cn2cc3c(cc2=O)-c2cc(Cl)ccc2CC(C(C)C)OC3)c(OC)c1. The lowest BCUT2D eigenvalue weighted by molar-refractivity contribution is 0.0103. The smallest absolute Gasteiger partial charge is 0.251 e. The summed E-state index contributed by atoms with van der Waals surface area (Å²) in [6, 6.07) is 13.2. The number of nitrogens with zero attached hydrogens (tertiary/aromatic N) is 1. The Kier molecular flexibility index (Phi) is 6.58. The summed E-state index contributed by atoms with van der Waals surface area (Å²) in [7, 11) is 3.23. The van der Waals surface area contributed by atoms with Gasteiger partial charge in [-0.1, -0.05) is 31.5 Å². The third kappa shape index (κ3) is 4.54. The fourth-order valence-corrected chi connectivity index (χ4v) is 4.33. The van der Waals surface area contributed by atoms with E-state index in [0.29, 0.717) is 35.6 Å². The molecule has 0 fully saturated rings. The van der Waals surface area contributed by atoms with E-state index in [2.05, 4.69) is 13.8 Å². The number of fused-ring (bicyclic) bond motifs is 3. The van der Waals surface area contributed by atoms with Gasteiger partial charge in [0.05, 0.1) is 33.5 Å². The van der Waals surface area contributed by atoms with Crippen molar-refractivity contribution in [2.24, 2.45) is 5.92 Å². The Bertz CT molecular complexity index is 1180. The van der Waals surface area contributed by atoms with Crippen LogP contribution in [0, 0.1) is 5.92 Å². The molecule has 0 saturated heterocycles. The van der Waals surface area contributed by atoms with Crippen LogP contribution in [0.1, 0.15) is 30.5 Å². The fourth-order valence-electron chi connectivity index (χ4n) is 4.15. The van der Waals surface area contributed by atoms with Gasteiger partial charge in [-0.25, -0.2) is 0 Å². The van der Waals surface area contributed by atoms with Crippen LogP contribution in [-0.4, -0.2) is 24.9 Å². The Balaban J connectivity index is 1.79. The standard InChI is InChI=1S/C26H28ClNO4/c1-16(2)24-9-17-5-7-20(27)10-22(17)23-12-26(29)28(14-19(23)15-32-24)13-18-6-8-21(30-3)11-25(18)31-4/h5-8,10-12,14,16,24H,9,13,15H2,1-4H3. The molecule has 1 unspecified atom stereocenters. The van der Waals surface area contributed by atoms with E-state index in [1.165, 1.54) is 0 Å². The van der Waals surface area contributed by atoms with E-state index >= 15 is 0 Å². The van der Waals surface area contributed by atoms with Crippen LogP contribution in [0.2, 0.25) is 5.02 Å². The molecule has 32 heavy (non-hydrogen) atoms. The Morgan fingerprint density at radius 3 is 2.56 bits per heavy atom. The van der Waals surface area contributed by atoms with Crippen molar-refractivity contribution in [3.63, 3.8) is 0 Å². The maximum Gasteiger partial charge on any atom is 0.251 e. The molecule has 0 amide bonds. The van der Waals surface area contributed by atoms with Gasteiger partial charge in [-0.3, -0.25) is 4.79 Å². The normalized spacial score (nSPS) is 15.5. The van der Waals surface area contributed by atoms with Crippen molar-refractivity contribution in [3.05, 3.63) is 80.7 Å². The van der Waals surface area contributed by atoms with E-state index in [-0.39, 0.29) is 11.7 Å². The predicted octanol–water partition coefficient (Wildman–Crippen LogP) is 5.33. The monoisotopic (exact) mass is 453 g/mol. The highest BCUT2D eigenvalue weighted by Gasteiger charge is 2.23. The number of benzene rings is 2. The molecular formula is C26H28ClNO4. The first kappa shape index (κ1) is 22.4. The average Bonchev–Trinajstić information content (AvgIpc) is 2.77. The Hall–Kier alpha value is -2.76. The van der Waals surface area contributed by atoms with E-state index in [1.54, 1.807) is 24.9 Å². The van der Waals surface area contributed by atoms with E-state index < -0.39 is 0 Å². The second kappa shape index (κ2) is 9.39. The Morgan fingerprint density at radius 2 is 1.84 bits per heavy atom. The number of ether oxygens (including phenoxy) is 3. The third-order valence-corrected chi connectivity index (χ3v) is 6.26. The van der Waals surface area contributed by atoms with Gasteiger partial charge in [0.15, 0.2) is 0 Å². The van der Waals surface area contributed by atoms with Gasteiger partial charge in [-0.15, -0.1) is 0 Å². The predicted molar refractivity (Wildman–Crippen MR) is 127 cm³/mol. The van der Waals surface area contributed by atoms with E-state index in [0.717, 1.165) is 34.2 Å². The van der Waals surface area contributed by atoms with Gasteiger partial charge in [0.25, 0.3) is 5.56 Å². The van der Waals surface area contributed by atoms with Crippen LogP contribution in [-0.2, 0) is 24.3 Å². The summed E-state index contributed by atoms with van der Waals surface area (Å²) in [4.78, 5) is 13.1. The number of methoxy groups -OCH3 is 2. The van der Waals surface area contributed by atoms with Crippen LogP contribution in [0.3, 0.4) is 0 Å². The third-order valence-electron chi connectivity index (χ3n) is 6.02. The van der Waals surface area contributed by atoms with Crippen molar-refractivity contribution in [2.75, 3.05) is 14.2 Å². The molecule has 0 N–H and O–H groups in total. The van der Waals surface area contributed by atoms with Gasteiger partial charge >= 0.3 is 0 Å². The number of rotatable bonds is 5. The second-order valence-electron chi connectivity index (χ2n) is 8.46. The van der Waals surface area contributed by atoms with Gasteiger partial charge in [-0.05, 0) is 53.3 Å². The molecule has 1 aromatic heterocycles. The summed E-state index contributed by atoms with van der Waals surface area (Å²) in [6.07, 6.45) is 2.77. The number of pyridine rings is 1. The van der Waals surface area contributed by atoms with Gasteiger partial charge in [0.2, 0.25) is 0 Å². The number of hydrogen-bond donors (Lipinski definition) is 0. The molecule has 3 aromatic rings. The van der Waals surface area contributed by atoms with Crippen LogP contribution in [0.15, 0.2) is 53.5 Å². The molecule has 0 aliphatic carbocycles. The molecule has 0 saturated carbocycles. The minimum absolute atomic E-state index is 0.0881. The summed E-state index contributed by atoms with van der Waals surface area (Å²) in [6.45, 7) is 5.15. The van der Waals surface area contributed by atoms with Crippen molar-refractivity contribution in [2.45, 2.75) is 39.5 Å². The van der Waals surface area contributed by atoms with Crippen molar-refractivity contribution < 1.29 is 14.2 Å². The Morgan fingerprint density at radius 1 is 1.06 bits per heavy atom. The van der Waals surface area contributed by atoms with Crippen LogP contribution in [0.5, 0.6) is 11.5 Å². The second-order valence-corrected chi connectivity index (χ2v) is 8.89. The topological polar surface area (TPSA) is 49.7 Å². The highest BCUT2D eigenvalue weighted by molar-refractivity contribution is 6.30. The molecule has 0 radical (unpaired) electrons. The summed E-state index contributed by atoms with van der Waals surface area (Å²) in [5.74, 6) is 1.75. The fraction of sp³-hybridized carbons (Fsp3) is 0.346. The highest BCUT2D eigenvalue weighted by atomic mass is 35.5. The zero-order valence-electron chi connectivity index (χ0n) is 18.9. The minimum atomic E-state index is -0.0893. The molecule has 4 rings (SSSR count). The number of hydrogen-bond acceptors (Lipinski definition) is 4. The first-order valence-electron chi connectivity index (χ1n) is 10.7. The van der Waals surface area contributed by atoms with Crippen molar-refractivity contribution in [1.82, 2.24) is 4.57 Å². The van der Waals surface area contributed by atoms with Crippen LogP contribution >= 0.6 is 11.6 Å². The molecule has 5 nitrogen and oxygen atoms in total. The van der Waals surface area contributed by atoms with Crippen LogP contribution in [0.25, 0.3) is 11.1 Å². The maximum absolute atomic E-state index is 13.1. The number of aromatic nitrogens is 1. The maximum atomic E-state index is 13.1. The largest absolute Gasteiger partial charge is 0.497 e. The lowest BCUT2D eigenvalue weighted by Crippen LogP contribution is -2.26. The van der Waals surface area contributed by atoms with Gasteiger partial charge < -0.3 is 18.8 Å². The van der Waals surface area contributed by atoms with E-state index in [4.69, 9.17) is 25.8 Å². The Labute approximate surface area is 193 Å².